The van der Waals surface area contributed by atoms with Gasteiger partial charge in [-0.25, -0.2) is 9.78 Å². The molecule has 0 radical (unpaired) electrons. The normalized spacial score (nSPS) is 19.5. The van der Waals surface area contributed by atoms with Gasteiger partial charge in [0, 0.05) is 30.3 Å². The number of urea groups is 1. The van der Waals surface area contributed by atoms with Gasteiger partial charge in [-0.2, -0.15) is 0 Å². The van der Waals surface area contributed by atoms with E-state index in [1.165, 1.54) is 0 Å². The Hall–Kier alpha value is -1.14. The van der Waals surface area contributed by atoms with Crippen molar-refractivity contribution >= 4 is 17.4 Å². The molecule has 1 aliphatic rings. The minimum Gasteiger partial charge on any atom is -0.396 e. The van der Waals surface area contributed by atoms with Crippen LogP contribution in [0.2, 0.25) is 0 Å². The van der Waals surface area contributed by atoms with Crippen molar-refractivity contribution in [1.29, 1.82) is 0 Å². The van der Waals surface area contributed by atoms with Crippen molar-refractivity contribution in [2.45, 2.75) is 45.2 Å². The largest absolute Gasteiger partial charge is 0.396 e. The highest BCUT2D eigenvalue weighted by Gasteiger charge is 2.25. The van der Waals surface area contributed by atoms with Gasteiger partial charge in [0.15, 0.2) is 0 Å². The van der Waals surface area contributed by atoms with Crippen LogP contribution in [0, 0.1) is 6.92 Å². The van der Waals surface area contributed by atoms with Gasteiger partial charge in [0.2, 0.25) is 0 Å². The number of hydrogen-bond acceptors (Lipinski definition) is 4. The van der Waals surface area contributed by atoms with Crippen molar-refractivity contribution in [3.05, 3.63) is 16.1 Å². The van der Waals surface area contributed by atoms with Crippen LogP contribution in [0.4, 0.5) is 4.79 Å². The van der Waals surface area contributed by atoms with Crippen molar-refractivity contribution < 1.29 is 9.90 Å². The summed E-state index contributed by atoms with van der Waals surface area (Å²) >= 11 is 1.60. The molecule has 6 heteroatoms. The summed E-state index contributed by atoms with van der Waals surface area (Å²) in [5, 5.41) is 12.9. The zero-order valence-corrected chi connectivity index (χ0v) is 12.1. The molecule has 106 valence electrons. The second kappa shape index (κ2) is 6.86. The third-order valence-corrected chi connectivity index (χ3v) is 4.32. The summed E-state index contributed by atoms with van der Waals surface area (Å²) in [4.78, 5) is 19.4. The predicted molar refractivity (Wildman–Crippen MR) is 75.1 cm³/mol. The maximum Gasteiger partial charge on any atom is 0.317 e. The molecular formula is C13H21N3O2S. The minimum absolute atomic E-state index is 0.0361. The van der Waals surface area contributed by atoms with Crippen molar-refractivity contribution in [1.82, 2.24) is 15.2 Å². The standard InChI is InChI=1S/C13H21N3O2S/c1-10-8-14-12(19-10)9-15-13(18)16-6-3-2-4-11(16)5-7-17/h8,11,17H,2-7,9H2,1H3,(H,15,18). The Bertz CT molecular complexity index is 420. The fourth-order valence-electron chi connectivity index (χ4n) is 2.45. The lowest BCUT2D eigenvalue weighted by Crippen LogP contribution is -2.48. The van der Waals surface area contributed by atoms with E-state index in [0.717, 1.165) is 35.7 Å². The summed E-state index contributed by atoms with van der Waals surface area (Å²) < 4.78 is 0. The average molecular weight is 283 g/mol. The second-order valence-electron chi connectivity index (χ2n) is 4.88. The molecule has 2 N–H and O–H groups in total. The third kappa shape index (κ3) is 3.91. The first-order valence-corrected chi connectivity index (χ1v) is 7.59. The van der Waals surface area contributed by atoms with E-state index in [-0.39, 0.29) is 18.7 Å². The topological polar surface area (TPSA) is 65.5 Å². The first-order chi connectivity index (χ1) is 9.20. The Labute approximate surface area is 117 Å². The zero-order chi connectivity index (χ0) is 13.7. The molecule has 2 rings (SSSR count). The number of nitrogens with zero attached hydrogens (tertiary/aromatic N) is 2. The van der Waals surface area contributed by atoms with E-state index in [9.17, 15) is 4.79 Å². The minimum atomic E-state index is -0.0361. The molecule has 19 heavy (non-hydrogen) atoms. The van der Waals surface area contributed by atoms with Crippen LogP contribution in [-0.4, -0.2) is 40.2 Å². The predicted octanol–water partition coefficient (Wildman–Crippen LogP) is 1.90. The Morgan fingerprint density at radius 1 is 1.63 bits per heavy atom. The fraction of sp³-hybridized carbons (Fsp3) is 0.692. The molecule has 1 aromatic heterocycles. The molecule has 1 saturated heterocycles. The van der Waals surface area contributed by atoms with Crippen molar-refractivity contribution in [3.8, 4) is 0 Å². The van der Waals surface area contributed by atoms with E-state index in [2.05, 4.69) is 10.3 Å². The lowest BCUT2D eigenvalue weighted by Gasteiger charge is -2.35. The summed E-state index contributed by atoms with van der Waals surface area (Å²) in [5.41, 5.74) is 0. The van der Waals surface area contributed by atoms with E-state index < -0.39 is 0 Å². The number of nitrogens with one attached hydrogen (secondary N) is 1. The maximum atomic E-state index is 12.2. The van der Waals surface area contributed by atoms with Crippen molar-refractivity contribution in [2.75, 3.05) is 13.2 Å². The van der Waals surface area contributed by atoms with Gasteiger partial charge < -0.3 is 15.3 Å². The number of aromatic nitrogens is 1. The number of carbonyl (C=O) groups is 1. The number of carbonyl (C=O) groups excluding carboxylic acids is 1. The molecule has 1 unspecified atom stereocenters. The van der Waals surface area contributed by atoms with E-state index in [0.29, 0.717) is 13.0 Å². The first kappa shape index (κ1) is 14.3. The van der Waals surface area contributed by atoms with Gasteiger partial charge in [0.25, 0.3) is 0 Å². The number of amides is 2. The highest BCUT2D eigenvalue weighted by atomic mass is 32.1. The van der Waals surface area contributed by atoms with Crippen LogP contribution >= 0.6 is 11.3 Å². The van der Waals surface area contributed by atoms with E-state index in [1.54, 1.807) is 11.3 Å². The van der Waals surface area contributed by atoms with Crippen LogP contribution in [0.1, 0.15) is 35.6 Å². The second-order valence-corrected chi connectivity index (χ2v) is 6.20. The summed E-state index contributed by atoms with van der Waals surface area (Å²) in [6.07, 6.45) is 5.67. The Morgan fingerprint density at radius 3 is 3.16 bits per heavy atom. The van der Waals surface area contributed by atoms with E-state index in [4.69, 9.17) is 5.11 Å². The van der Waals surface area contributed by atoms with Crippen LogP contribution in [-0.2, 0) is 6.54 Å². The molecule has 2 amide bonds. The van der Waals surface area contributed by atoms with Gasteiger partial charge in [-0.05, 0) is 32.6 Å². The summed E-state index contributed by atoms with van der Waals surface area (Å²) in [6.45, 7) is 3.41. The van der Waals surface area contributed by atoms with Crippen LogP contribution < -0.4 is 5.32 Å². The van der Waals surface area contributed by atoms with Crippen molar-refractivity contribution in [3.63, 3.8) is 0 Å². The number of aryl methyl sites for hydroxylation is 1. The highest BCUT2D eigenvalue weighted by molar-refractivity contribution is 7.11. The van der Waals surface area contributed by atoms with Crippen molar-refractivity contribution in [2.24, 2.45) is 0 Å². The first-order valence-electron chi connectivity index (χ1n) is 6.77. The molecule has 1 fully saturated rings. The SMILES string of the molecule is Cc1cnc(CNC(=O)N2CCCCC2CCO)s1. The zero-order valence-electron chi connectivity index (χ0n) is 11.3. The Kier molecular flexibility index (Phi) is 5.15. The smallest absolute Gasteiger partial charge is 0.317 e. The molecule has 1 aromatic rings. The lowest BCUT2D eigenvalue weighted by molar-refractivity contribution is 0.131. The average Bonchev–Trinajstić information content (AvgIpc) is 2.83. The molecule has 0 bridgehead atoms. The van der Waals surface area contributed by atoms with Gasteiger partial charge in [-0.3, -0.25) is 0 Å². The van der Waals surface area contributed by atoms with Gasteiger partial charge in [-0.15, -0.1) is 11.3 Å². The molecular weight excluding hydrogens is 262 g/mol. The molecule has 1 aliphatic heterocycles. The third-order valence-electron chi connectivity index (χ3n) is 3.41. The molecule has 0 aliphatic carbocycles. The van der Waals surface area contributed by atoms with Crippen LogP contribution in [0.3, 0.4) is 0 Å². The molecule has 0 spiro atoms. The summed E-state index contributed by atoms with van der Waals surface area (Å²) in [7, 11) is 0. The summed E-state index contributed by atoms with van der Waals surface area (Å²) in [6, 6.07) is 0.141. The number of hydrogen-bond donors (Lipinski definition) is 2. The number of aliphatic hydroxyl groups excluding tert-OH is 1. The lowest BCUT2D eigenvalue weighted by atomic mass is 10.0. The highest BCUT2D eigenvalue weighted by Crippen LogP contribution is 2.19. The number of aliphatic hydroxyl groups is 1. The van der Waals surface area contributed by atoms with Crippen LogP contribution in [0.5, 0.6) is 0 Å². The quantitative estimate of drug-likeness (QED) is 0.887. The molecule has 1 atom stereocenters. The van der Waals surface area contributed by atoms with Gasteiger partial charge >= 0.3 is 6.03 Å². The molecule has 0 saturated carbocycles. The Balaban J connectivity index is 1.86. The van der Waals surface area contributed by atoms with Crippen LogP contribution in [0.15, 0.2) is 6.20 Å². The van der Waals surface area contributed by atoms with E-state index in [1.807, 2.05) is 18.0 Å². The molecule has 2 heterocycles. The fourth-order valence-corrected chi connectivity index (χ4v) is 3.18. The molecule has 0 aromatic carbocycles. The maximum absolute atomic E-state index is 12.2. The number of likely N-dealkylation sites (tertiary alicyclic amines) is 1. The van der Waals surface area contributed by atoms with Gasteiger partial charge in [-0.1, -0.05) is 0 Å². The number of piperidine rings is 1. The molecule has 5 nitrogen and oxygen atoms in total. The number of rotatable bonds is 4. The van der Waals surface area contributed by atoms with E-state index >= 15 is 0 Å². The van der Waals surface area contributed by atoms with Crippen LogP contribution in [0.25, 0.3) is 0 Å². The Morgan fingerprint density at radius 2 is 2.47 bits per heavy atom. The van der Waals surface area contributed by atoms with Gasteiger partial charge in [0.05, 0.1) is 6.54 Å². The number of thiazole rings is 1. The summed E-state index contributed by atoms with van der Waals surface area (Å²) in [5.74, 6) is 0. The van der Waals surface area contributed by atoms with Gasteiger partial charge in [0.1, 0.15) is 5.01 Å². The monoisotopic (exact) mass is 283 g/mol.